The van der Waals surface area contributed by atoms with Gasteiger partial charge in [-0.15, -0.1) is 0 Å². The monoisotopic (exact) mass is 264 g/mol. The molecular formula is C11H15F3N2O2. The van der Waals surface area contributed by atoms with Crippen LogP contribution in [-0.4, -0.2) is 29.6 Å². The molecule has 0 aromatic carbocycles. The van der Waals surface area contributed by atoms with Crippen molar-refractivity contribution in [3.63, 3.8) is 0 Å². The highest BCUT2D eigenvalue weighted by molar-refractivity contribution is 5.81. The van der Waals surface area contributed by atoms with Crippen LogP contribution in [0.15, 0.2) is 22.8 Å². The minimum Gasteiger partial charge on any atom is -0.467 e. The van der Waals surface area contributed by atoms with Crippen LogP contribution in [0.25, 0.3) is 0 Å². The Morgan fingerprint density at radius 2 is 2.22 bits per heavy atom. The van der Waals surface area contributed by atoms with Crippen LogP contribution < -0.4 is 5.73 Å². The number of alkyl halides is 3. The van der Waals surface area contributed by atoms with Crippen LogP contribution in [0.3, 0.4) is 0 Å². The molecule has 0 aliphatic carbocycles. The molecule has 0 radical (unpaired) electrons. The maximum absolute atomic E-state index is 12.4. The summed E-state index contributed by atoms with van der Waals surface area (Å²) >= 11 is 0. The van der Waals surface area contributed by atoms with Gasteiger partial charge in [0.1, 0.15) is 12.3 Å². The number of nitrogens with two attached hydrogens (primary N) is 1. The van der Waals surface area contributed by atoms with Crippen molar-refractivity contribution in [1.29, 1.82) is 0 Å². The normalized spacial score (nSPS) is 13.4. The molecule has 0 fully saturated rings. The number of rotatable bonds is 5. The molecule has 0 spiro atoms. The Balaban J connectivity index is 2.78. The Bertz CT molecular complexity index is 376. The summed E-state index contributed by atoms with van der Waals surface area (Å²) in [5, 5.41) is 0. The molecule has 1 rings (SSSR count). The maximum atomic E-state index is 12.4. The van der Waals surface area contributed by atoms with E-state index < -0.39 is 24.7 Å². The van der Waals surface area contributed by atoms with E-state index in [9.17, 15) is 18.0 Å². The van der Waals surface area contributed by atoms with E-state index in [4.69, 9.17) is 10.2 Å². The third kappa shape index (κ3) is 4.40. The fraction of sp³-hybridized carbons (Fsp3) is 0.545. The van der Waals surface area contributed by atoms with Gasteiger partial charge in [-0.1, -0.05) is 6.92 Å². The third-order valence-corrected chi connectivity index (χ3v) is 2.37. The van der Waals surface area contributed by atoms with Crippen LogP contribution in [0.2, 0.25) is 0 Å². The van der Waals surface area contributed by atoms with E-state index >= 15 is 0 Å². The van der Waals surface area contributed by atoms with E-state index in [0.29, 0.717) is 4.90 Å². The first kappa shape index (κ1) is 14.6. The number of carbonyl (C=O) groups excluding carboxylic acids is 1. The second-order valence-corrected chi connectivity index (χ2v) is 3.90. The summed E-state index contributed by atoms with van der Waals surface area (Å²) in [6.45, 7) is 0.0699. The minimum atomic E-state index is -4.46. The summed E-state index contributed by atoms with van der Waals surface area (Å²) in [6, 6.07) is 2.13. The molecule has 0 aliphatic heterocycles. The zero-order chi connectivity index (χ0) is 13.8. The average molecular weight is 264 g/mol. The Labute approximate surface area is 103 Å². The van der Waals surface area contributed by atoms with E-state index in [1.165, 1.54) is 12.3 Å². The average Bonchev–Trinajstić information content (AvgIpc) is 2.77. The molecule has 102 valence electrons. The molecule has 2 N–H and O–H groups in total. The number of nitrogens with zero attached hydrogens (tertiary/aromatic N) is 1. The Morgan fingerprint density at radius 3 is 2.67 bits per heavy atom. The highest BCUT2D eigenvalue weighted by Gasteiger charge is 2.34. The van der Waals surface area contributed by atoms with Crippen LogP contribution in [-0.2, 0) is 11.3 Å². The number of halogens is 3. The van der Waals surface area contributed by atoms with Crippen molar-refractivity contribution < 1.29 is 22.4 Å². The summed E-state index contributed by atoms with van der Waals surface area (Å²) in [4.78, 5) is 12.4. The molecular weight excluding hydrogens is 249 g/mol. The van der Waals surface area contributed by atoms with Crippen LogP contribution in [0.4, 0.5) is 13.2 Å². The van der Waals surface area contributed by atoms with Gasteiger partial charge in [-0.3, -0.25) is 4.79 Å². The van der Waals surface area contributed by atoms with E-state index in [1.54, 1.807) is 13.0 Å². The first-order valence-electron chi connectivity index (χ1n) is 5.47. The number of amides is 1. The van der Waals surface area contributed by atoms with E-state index in [0.717, 1.165) is 0 Å². The quantitative estimate of drug-likeness (QED) is 0.883. The van der Waals surface area contributed by atoms with Crippen molar-refractivity contribution in [3.8, 4) is 0 Å². The van der Waals surface area contributed by atoms with Gasteiger partial charge in [0.25, 0.3) is 0 Å². The molecule has 0 aliphatic rings. The van der Waals surface area contributed by atoms with Crippen molar-refractivity contribution in [2.24, 2.45) is 5.73 Å². The second kappa shape index (κ2) is 5.90. The lowest BCUT2D eigenvalue weighted by atomic mass is 10.2. The number of hydrogen-bond donors (Lipinski definition) is 1. The molecule has 1 atom stereocenters. The Kier molecular flexibility index (Phi) is 4.77. The largest absolute Gasteiger partial charge is 0.467 e. The summed E-state index contributed by atoms with van der Waals surface area (Å²) in [6.07, 6.45) is -2.84. The Hall–Kier alpha value is -1.50. The minimum absolute atomic E-state index is 0.237. The van der Waals surface area contributed by atoms with Gasteiger partial charge < -0.3 is 15.1 Å². The predicted octanol–water partition coefficient (Wildman–Crippen LogP) is 1.91. The predicted molar refractivity (Wildman–Crippen MR) is 58.4 cm³/mol. The number of hydrogen-bond acceptors (Lipinski definition) is 3. The maximum Gasteiger partial charge on any atom is 0.406 e. The fourth-order valence-electron chi connectivity index (χ4n) is 1.43. The smallest absolute Gasteiger partial charge is 0.406 e. The van der Waals surface area contributed by atoms with Gasteiger partial charge in [0, 0.05) is 0 Å². The number of furan rings is 1. The van der Waals surface area contributed by atoms with Crippen LogP contribution in [0.1, 0.15) is 19.1 Å². The third-order valence-electron chi connectivity index (χ3n) is 2.37. The van der Waals surface area contributed by atoms with Gasteiger partial charge in [-0.25, -0.2) is 0 Å². The van der Waals surface area contributed by atoms with Crippen LogP contribution in [0.5, 0.6) is 0 Å². The lowest BCUT2D eigenvalue weighted by Gasteiger charge is -2.25. The first-order valence-corrected chi connectivity index (χ1v) is 5.47. The lowest BCUT2D eigenvalue weighted by molar-refractivity contribution is -0.163. The van der Waals surface area contributed by atoms with Gasteiger partial charge in [0.15, 0.2) is 0 Å². The van der Waals surface area contributed by atoms with Crippen molar-refractivity contribution in [3.05, 3.63) is 24.2 Å². The second-order valence-electron chi connectivity index (χ2n) is 3.90. The zero-order valence-electron chi connectivity index (χ0n) is 9.91. The highest BCUT2D eigenvalue weighted by Crippen LogP contribution is 2.19. The fourth-order valence-corrected chi connectivity index (χ4v) is 1.43. The lowest BCUT2D eigenvalue weighted by Crippen LogP contribution is -2.46. The molecule has 7 heteroatoms. The number of carbonyl (C=O) groups is 1. The molecule has 0 saturated heterocycles. The molecule has 0 unspecified atom stereocenters. The van der Waals surface area contributed by atoms with Crippen LogP contribution in [0, 0.1) is 0 Å². The first-order chi connectivity index (χ1) is 8.33. The highest BCUT2D eigenvalue weighted by atomic mass is 19.4. The van der Waals surface area contributed by atoms with Gasteiger partial charge >= 0.3 is 6.18 Å². The van der Waals surface area contributed by atoms with E-state index in [1.807, 2.05) is 0 Å². The summed E-state index contributed by atoms with van der Waals surface area (Å²) < 4.78 is 42.1. The van der Waals surface area contributed by atoms with E-state index in [2.05, 4.69) is 0 Å². The molecule has 1 amide bonds. The van der Waals surface area contributed by atoms with E-state index in [-0.39, 0.29) is 18.7 Å². The zero-order valence-corrected chi connectivity index (χ0v) is 9.91. The van der Waals surface area contributed by atoms with Gasteiger partial charge in [0.2, 0.25) is 5.91 Å². The van der Waals surface area contributed by atoms with Gasteiger partial charge in [-0.05, 0) is 18.6 Å². The molecule has 1 aromatic rings. The summed E-state index contributed by atoms with van der Waals surface area (Å²) in [5.41, 5.74) is 5.48. The van der Waals surface area contributed by atoms with Gasteiger partial charge in [0.05, 0.1) is 18.8 Å². The van der Waals surface area contributed by atoms with Crippen molar-refractivity contribution in [1.82, 2.24) is 4.90 Å². The molecule has 1 aromatic heterocycles. The van der Waals surface area contributed by atoms with Crippen LogP contribution >= 0.6 is 0 Å². The topological polar surface area (TPSA) is 59.5 Å². The van der Waals surface area contributed by atoms with Crippen molar-refractivity contribution in [2.45, 2.75) is 32.1 Å². The molecule has 1 heterocycles. The summed E-state index contributed by atoms with van der Waals surface area (Å²) in [7, 11) is 0. The van der Waals surface area contributed by atoms with Crippen molar-refractivity contribution >= 4 is 5.91 Å². The standard InChI is InChI=1S/C11H15F3N2O2/c1-2-9(15)10(17)16(7-11(12,13)14)6-8-4-3-5-18-8/h3-5,9H,2,6-7,15H2,1H3/t9-/m1/s1. The Morgan fingerprint density at radius 1 is 1.56 bits per heavy atom. The molecule has 18 heavy (non-hydrogen) atoms. The SMILES string of the molecule is CC[C@@H](N)C(=O)N(Cc1ccco1)CC(F)(F)F. The molecule has 4 nitrogen and oxygen atoms in total. The molecule has 0 saturated carbocycles. The van der Waals surface area contributed by atoms with Gasteiger partial charge in [-0.2, -0.15) is 13.2 Å². The summed E-state index contributed by atoms with van der Waals surface area (Å²) in [5.74, 6) is -0.442. The molecule has 0 bridgehead atoms. The van der Waals surface area contributed by atoms with Crippen molar-refractivity contribution in [2.75, 3.05) is 6.54 Å².